The summed E-state index contributed by atoms with van der Waals surface area (Å²) in [6, 6.07) is 11.6. The van der Waals surface area contributed by atoms with Gasteiger partial charge in [-0.05, 0) is 38.1 Å². The predicted molar refractivity (Wildman–Crippen MR) is 103 cm³/mol. The molecule has 0 fully saturated rings. The first-order chi connectivity index (χ1) is 12.1. The maximum atomic E-state index is 12.1. The van der Waals surface area contributed by atoms with Gasteiger partial charge in [0.1, 0.15) is 11.3 Å². The summed E-state index contributed by atoms with van der Waals surface area (Å²) in [5, 5.41) is 4.39. The number of fused-ring (bicyclic) bond motifs is 3. The predicted octanol–water partition coefficient (Wildman–Crippen LogP) is 4.54. The number of nitrogens with one attached hydrogen (secondary N) is 1. The lowest BCUT2D eigenvalue weighted by atomic mass is 10.2. The molecule has 0 radical (unpaired) electrons. The summed E-state index contributed by atoms with van der Waals surface area (Å²) in [5.74, 6) is 0.440. The van der Waals surface area contributed by atoms with Crippen LogP contribution >= 0.6 is 22.7 Å². The SMILES string of the molecule is Cc1ccc(OCC(=O)Nc2nc3ccc4sc(C)nc4c3s2)cc1. The van der Waals surface area contributed by atoms with Crippen LogP contribution in [0.1, 0.15) is 10.6 Å². The second kappa shape index (κ2) is 6.42. The lowest BCUT2D eigenvalue weighted by molar-refractivity contribution is -0.118. The van der Waals surface area contributed by atoms with E-state index in [9.17, 15) is 4.79 Å². The average molecular weight is 369 g/mol. The van der Waals surface area contributed by atoms with Crippen molar-refractivity contribution in [2.45, 2.75) is 13.8 Å². The molecule has 1 amide bonds. The quantitative estimate of drug-likeness (QED) is 0.573. The van der Waals surface area contributed by atoms with E-state index in [2.05, 4.69) is 15.3 Å². The smallest absolute Gasteiger partial charge is 0.264 e. The van der Waals surface area contributed by atoms with Gasteiger partial charge in [-0.2, -0.15) is 0 Å². The highest BCUT2D eigenvalue weighted by atomic mass is 32.1. The number of carbonyl (C=O) groups is 1. The molecular formula is C18H15N3O2S2. The minimum atomic E-state index is -0.231. The molecular weight excluding hydrogens is 354 g/mol. The summed E-state index contributed by atoms with van der Waals surface area (Å²) in [7, 11) is 0. The van der Waals surface area contributed by atoms with Crippen LogP contribution in [0.3, 0.4) is 0 Å². The van der Waals surface area contributed by atoms with Gasteiger partial charge in [0.05, 0.1) is 19.9 Å². The highest BCUT2D eigenvalue weighted by molar-refractivity contribution is 7.24. The molecule has 0 saturated heterocycles. The van der Waals surface area contributed by atoms with Crippen LogP contribution in [0.5, 0.6) is 5.75 Å². The Morgan fingerprint density at radius 2 is 1.88 bits per heavy atom. The lowest BCUT2D eigenvalue weighted by Crippen LogP contribution is -2.19. The molecule has 4 aromatic rings. The molecule has 0 aliphatic rings. The summed E-state index contributed by atoms with van der Waals surface area (Å²) in [6.45, 7) is 3.94. The first kappa shape index (κ1) is 16.0. The summed E-state index contributed by atoms with van der Waals surface area (Å²) < 4.78 is 7.63. The van der Waals surface area contributed by atoms with Crippen LogP contribution in [-0.4, -0.2) is 22.5 Å². The Labute approximate surface area is 152 Å². The summed E-state index contributed by atoms with van der Waals surface area (Å²) in [4.78, 5) is 21.2. The first-order valence-electron chi connectivity index (χ1n) is 7.74. The zero-order valence-electron chi connectivity index (χ0n) is 13.7. The molecule has 4 rings (SSSR count). The average Bonchev–Trinajstić information content (AvgIpc) is 3.16. The molecule has 2 heterocycles. The molecule has 0 saturated carbocycles. The van der Waals surface area contributed by atoms with Gasteiger partial charge in [-0.25, -0.2) is 9.97 Å². The highest BCUT2D eigenvalue weighted by Crippen LogP contribution is 2.34. The number of aryl methyl sites for hydroxylation is 2. The van der Waals surface area contributed by atoms with Gasteiger partial charge in [0.25, 0.3) is 5.91 Å². The van der Waals surface area contributed by atoms with Gasteiger partial charge in [-0.1, -0.05) is 29.0 Å². The van der Waals surface area contributed by atoms with Gasteiger partial charge in [-0.3, -0.25) is 10.1 Å². The van der Waals surface area contributed by atoms with Crippen LogP contribution in [0.4, 0.5) is 5.13 Å². The zero-order chi connectivity index (χ0) is 17.4. The maximum absolute atomic E-state index is 12.1. The molecule has 25 heavy (non-hydrogen) atoms. The Balaban J connectivity index is 1.49. The van der Waals surface area contributed by atoms with Crippen molar-refractivity contribution in [3.63, 3.8) is 0 Å². The van der Waals surface area contributed by atoms with E-state index >= 15 is 0 Å². The van der Waals surface area contributed by atoms with E-state index in [1.807, 2.05) is 50.2 Å². The molecule has 0 aliphatic carbocycles. The second-order valence-corrected chi connectivity index (χ2v) is 7.90. The van der Waals surface area contributed by atoms with Crippen molar-refractivity contribution in [3.05, 3.63) is 47.0 Å². The zero-order valence-corrected chi connectivity index (χ0v) is 15.3. The number of amides is 1. The van der Waals surface area contributed by atoms with Crippen molar-refractivity contribution in [3.8, 4) is 5.75 Å². The molecule has 0 bridgehead atoms. The normalized spacial score (nSPS) is 11.1. The van der Waals surface area contributed by atoms with Crippen LogP contribution in [0.2, 0.25) is 0 Å². The van der Waals surface area contributed by atoms with Crippen LogP contribution in [0, 0.1) is 13.8 Å². The molecule has 0 atom stereocenters. The maximum Gasteiger partial charge on any atom is 0.264 e. The van der Waals surface area contributed by atoms with Gasteiger partial charge < -0.3 is 4.74 Å². The van der Waals surface area contributed by atoms with Crippen molar-refractivity contribution >= 4 is 54.1 Å². The molecule has 2 aromatic carbocycles. The lowest BCUT2D eigenvalue weighted by Gasteiger charge is -2.05. The molecule has 0 aliphatic heterocycles. The van der Waals surface area contributed by atoms with Crippen molar-refractivity contribution in [2.24, 2.45) is 0 Å². The Morgan fingerprint density at radius 1 is 1.08 bits per heavy atom. The Morgan fingerprint density at radius 3 is 2.68 bits per heavy atom. The summed E-state index contributed by atoms with van der Waals surface area (Å²) in [6.07, 6.45) is 0. The highest BCUT2D eigenvalue weighted by Gasteiger charge is 2.13. The van der Waals surface area contributed by atoms with Crippen LogP contribution < -0.4 is 10.1 Å². The third kappa shape index (κ3) is 3.33. The summed E-state index contributed by atoms with van der Waals surface area (Å²) >= 11 is 3.09. The third-order valence-electron chi connectivity index (χ3n) is 3.66. The van der Waals surface area contributed by atoms with E-state index in [1.54, 1.807) is 11.3 Å². The fourth-order valence-electron chi connectivity index (χ4n) is 2.48. The van der Waals surface area contributed by atoms with Gasteiger partial charge >= 0.3 is 0 Å². The van der Waals surface area contributed by atoms with Crippen molar-refractivity contribution in [1.82, 2.24) is 9.97 Å². The monoisotopic (exact) mass is 369 g/mol. The van der Waals surface area contributed by atoms with E-state index in [1.165, 1.54) is 11.3 Å². The number of nitrogens with zero attached hydrogens (tertiary/aromatic N) is 2. The van der Waals surface area contributed by atoms with Gasteiger partial charge in [0.2, 0.25) is 0 Å². The number of thiazole rings is 2. The topological polar surface area (TPSA) is 64.1 Å². The van der Waals surface area contributed by atoms with Crippen molar-refractivity contribution in [2.75, 3.05) is 11.9 Å². The van der Waals surface area contributed by atoms with Gasteiger partial charge in [0.15, 0.2) is 11.7 Å². The van der Waals surface area contributed by atoms with Crippen molar-refractivity contribution < 1.29 is 9.53 Å². The number of rotatable bonds is 4. The molecule has 126 valence electrons. The standard InChI is InChI=1S/C18H15N3O2S2/c1-10-3-5-12(6-4-10)23-9-15(22)21-18-20-13-7-8-14-16(17(13)25-18)19-11(2)24-14/h3-8H,9H2,1-2H3,(H,20,21,22). The van der Waals surface area contributed by atoms with Gasteiger partial charge in [-0.15, -0.1) is 11.3 Å². The number of anilines is 1. The van der Waals surface area contributed by atoms with E-state index < -0.39 is 0 Å². The number of hydrogen-bond acceptors (Lipinski definition) is 6. The Hall–Kier alpha value is -2.51. The molecule has 7 heteroatoms. The molecule has 0 spiro atoms. The second-order valence-electron chi connectivity index (χ2n) is 5.66. The molecule has 2 aromatic heterocycles. The fourth-order valence-corrected chi connectivity index (χ4v) is 4.35. The first-order valence-corrected chi connectivity index (χ1v) is 9.38. The van der Waals surface area contributed by atoms with E-state index in [0.29, 0.717) is 10.9 Å². The van der Waals surface area contributed by atoms with E-state index in [-0.39, 0.29) is 12.5 Å². The number of ether oxygens (including phenoxy) is 1. The van der Waals surface area contributed by atoms with Crippen molar-refractivity contribution in [1.29, 1.82) is 0 Å². The van der Waals surface area contributed by atoms with E-state index in [0.717, 1.165) is 31.0 Å². The van der Waals surface area contributed by atoms with E-state index in [4.69, 9.17) is 4.74 Å². The number of carbonyl (C=O) groups excluding carboxylic acids is 1. The van der Waals surface area contributed by atoms with Crippen LogP contribution in [-0.2, 0) is 4.79 Å². The van der Waals surface area contributed by atoms with Crippen LogP contribution in [0.15, 0.2) is 36.4 Å². The molecule has 0 unspecified atom stereocenters. The third-order valence-corrected chi connectivity index (χ3v) is 5.59. The summed E-state index contributed by atoms with van der Waals surface area (Å²) in [5.41, 5.74) is 2.95. The number of aromatic nitrogens is 2. The minimum absolute atomic E-state index is 0.0514. The minimum Gasteiger partial charge on any atom is -0.484 e. The van der Waals surface area contributed by atoms with Gasteiger partial charge in [0, 0.05) is 0 Å². The van der Waals surface area contributed by atoms with Crippen LogP contribution in [0.25, 0.3) is 20.4 Å². The fraction of sp³-hybridized carbons (Fsp3) is 0.167. The number of hydrogen-bond donors (Lipinski definition) is 1. The largest absolute Gasteiger partial charge is 0.484 e. The Kier molecular flexibility index (Phi) is 4.10. The Bertz CT molecular complexity index is 1070. The molecule has 1 N–H and O–H groups in total. The number of benzene rings is 2. The molecule has 5 nitrogen and oxygen atoms in total.